The topological polar surface area (TPSA) is 41.1 Å². The maximum atomic E-state index is 11.4. The van der Waals surface area contributed by atoms with Gasteiger partial charge in [-0.25, -0.2) is 0 Å². The monoisotopic (exact) mass is 238 g/mol. The minimum absolute atomic E-state index is 0.0956. The van der Waals surface area contributed by atoms with Gasteiger partial charge in [-0.2, -0.15) is 0 Å². The molecule has 0 aliphatic rings. The third kappa shape index (κ3) is 4.96. The van der Waals surface area contributed by atoms with Gasteiger partial charge in [-0.05, 0) is 19.1 Å². The summed E-state index contributed by atoms with van der Waals surface area (Å²) in [6.45, 7) is 6.17. The molecule has 0 saturated carbocycles. The van der Waals surface area contributed by atoms with Gasteiger partial charge in [0.25, 0.3) is 0 Å². The minimum Gasteiger partial charge on any atom is -0.325 e. The van der Waals surface area contributed by atoms with Gasteiger partial charge in [0, 0.05) is 17.3 Å². The molecule has 0 fully saturated rings. The Hall–Kier alpha value is -1.32. The van der Waals surface area contributed by atoms with Crippen LogP contribution in [0.15, 0.2) is 35.9 Å². The van der Waals surface area contributed by atoms with E-state index in [0.29, 0.717) is 11.6 Å². The number of amides is 1. The highest BCUT2D eigenvalue weighted by Gasteiger charge is 2.01. The Kier molecular flexibility index (Phi) is 5.02. The molecule has 0 aromatic heterocycles. The smallest absolute Gasteiger partial charge is 0.238 e. The molecule has 0 aliphatic carbocycles. The molecular weight excluding hydrogens is 224 g/mol. The average molecular weight is 239 g/mol. The first kappa shape index (κ1) is 12.7. The molecule has 0 atom stereocenters. The van der Waals surface area contributed by atoms with E-state index in [-0.39, 0.29) is 12.5 Å². The van der Waals surface area contributed by atoms with Gasteiger partial charge in [0.2, 0.25) is 5.91 Å². The van der Waals surface area contributed by atoms with Crippen molar-refractivity contribution in [3.05, 3.63) is 41.4 Å². The Balaban J connectivity index is 2.34. The number of aryl methyl sites for hydroxylation is 1. The van der Waals surface area contributed by atoms with Gasteiger partial charge < -0.3 is 10.6 Å². The highest BCUT2D eigenvalue weighted by Crippen LogP contribution is 2.07. The molecule has 16 heavy (non-hydrogen) atoms. The van der Waals surface area contributed by atoms with E-state index < -0.39 is 0 Å². The Morgan fingerprint density at radius 3 is 2.50 bits per heavy atom. The Bertz CT molecular complexity index is 373. The Morgan fingerprint density at radius 1 is 1.31 bits per heavy atom. The molecule has 3 nitrogen and oxygen atoms in total. The maximum Gasteiger partial charge on any atom is 0.238 e. The molecule has 1 amide bonds. The van der Waals surface area contributed by atoms with E-state index in [1.54, 1.807) is 0 Å². The van der Waals surface area contributed by atoms with Crippen LogP contribution in [-0.4, -0.2) is 19.0 Å². The molecule has 0 unspecified atom stereocenters. The van der Waals surface area contributed by atoms with Crippen molar-refractivity contribution in [2.45, 2.75) is 6.92 Å². The van der Waals surface area contributed by atoms with Crippen LogP contribution in [-0.2, 0) is 4.79 Å². The molecule has 1 aromatic rings. The summed E-state index contributed by atoms with van der Waals surface area (Å²) < 4.78 is 0. The summed E-state index contributed by atoms with van der Waals surface area (Å²) in [5, 5.41) is 6.13. The molecule has 1 aromatic carbocycles. The summed E-state index contributed by atoms with van der Waals surface area (Å²) in [4.78, 5) is 11.4. The number of rotatable bonds is 5. The fourth-order valence-electron chi connectivity index (χ4n) is 1.15. The molecule has 2 N–H and O–H groups in total. The fraction of sp³-hybridized carbons (Fsp3) is 0.250. The highest BCUT2D eigenvalue weighted by molar-refractivity contribution is 6.29. The number of anilines is 1. The summed E-state index contributed by atoms with van der Waals surface area (Å²) in [5.41, 5.74) is 1.96. The first-order valence-corrected chi connectivity index (χ1v) is 5.36. The zero-order valence-electron chi connectivity index (χ0n) is 9.22. The number of carbonyl (C=O) groups excluding carboxylic acids is 1. The van der Waals surface area contributed by atoms with Crippen LogP contribution in [0.1, 0.15) is 5.56 Å². The number of nitrogens with one attached hydrogen (secondary N) is 2. The van der Waals surface area contributed by atoms with Crippen LogP contribution in [0.25, 0.3) is 0 Å². The van der Waals surface area contributed by atoms with Crippen molar-refractivity contribution in [1.29, 1.82) is 0 Å². The first-order valence-electron chi connectivity index (χ1n) is 4.98. The molecule has 0 aliphatic heterocycles. The van der Waals surface area contributed by atoms with Crippen LogP contribution in [0.5, 0.6) is 0 Å². The van der Waals surface area contributed by atoms with Crippen LogP contribution in [0.2, 0.25) is 0 Å². The lowest BCUT2D eigenvalue weighted by Crippen LogP contribution is -2.28. The second-order valence-corrected chi connectivity index (χ2v) is 4.07. The SMILES string of the molecule is C=C(Cl)CNCC(=O)Nc1ccc(C)cc1. The lowest BCUT2D eigenvalue weighted by atomic mass is 10.2. The molecular formula is C12H15ClN2O. The molecule has 0 radical (unpaired) electrons. The molecule has 86 valence electrons. The van der Waals surface area contributed by atoms with E-state index in [2.05, 4.69) is 17.2 Å². The van der Waals surface area contributed by atoms with Crippen molar-refractivity contribution in [3.8, 4) is 0 Å². The van der Waals surface area contributed by atoms with Crippen molar-refractivity contribution in [2.24, 2.45) is 0 Å². The zero-order valence-corrected chi connectivity index (χ0v) is 9.97. The van der Waals surface area contributed by atoms with Crippen molar-refractivity contribution in [1.82, 2.24) is 5.32 Å². The lowest BCUT2D eigenvalue weighted by Gasteiger charge is -2.06. The van der Waals surface area contributed by atoms with Crippen molar-refractivity contribution >= 4 is 23.2 Å². The van der Waals surface area contributed by atoms with Gasteiger partial charge in [0.05, 0.1) is 6.54 Å². The maximum absolute atomic E-state index is 11.4. The van der Waals surface area contributed by atoms with Crippen LogP contribution >= 0.6 is 11.6 Å². The number of carbonyl (C=O) groups is 1. The minimum atomic E-state index is -0.0956. The second-order valence-electron chi connectivity index (χ2n) is 3.54. The van der Waals surface area contributed by atoms with Crippen molar-refractivity contribution in [3.63, 3.8) is 0 Å². The van der Waals surface area contributed by atoms with Gasteiger partial charge in [0.1, 0.15) is 0 Å². The summed E-state index contributed by atoms with van der Waals surface area (Å²) in [6, 6.07) is 7.63. The average Bonchev–Trinajstić information content (AvgIpc) is 2.21. The summed E-state index contributed by atoms with van der Waals surface area (Å²) in [5.74, 6) is -0.0956. The second kappa shape index (κ2) is 6.30. The zero-order chi connectivity index (χ0) is 12.0. The molecule has 4 heteroatoms. The predicted molar refractivity (Wildman–Crippen MR) is 67.7 cm³/mol. The van der Waals surface area contributed by atoms with Crippen LogP contribution in [0.3, 0.4) is 0 Å². The van der Waals surface area contributed by atoms with Crippen LogP contribution < -0.4 is 10.6 Å². The normalized spacial score (nSPS) is 9.88. The summed E-state index contributed by atoms with van der Waals surface area (Å²) in [6.07, 6.45) is 0. The molecule has 0 spiro atoms. The van der Waals surface area contributed by atoms with Crippen LogP contribution in [0.4, 0.5) is 5.69 Å². The summed E-state index contributed by atoms with van der Waals surface area (Å²) in [7, 11) is 0. The van der Waals surface area contributed by atoms with Gasteiger partial charge in [-0.15, -0.1) is 0 Å². The molecule has 1 rings (SSSR count). The number of benzene rings is 1. The lowest BCUT2D eigenvalue weighted by molar-refractivity contribution is -0.115. The first-order chi connectivity index (χ1) is 7.58. The quantitative estimate of drug-likeness (QED) is 0.826. The fourth-order valence-corrected chi connectivity index (χ4v) is 1.25. The molecule has 0 heterocycles. The van der Waals surface area contributed by atoms with E-state index in [0.717, 1.165) is 11.3 Å². The number of halogens is 1. The number of hydrogen-bond acceptors (Lipinski definition) is 2. The van der Waals surface area contributed by atoms with Gasteiger partial charge >= 0.3 is 0 Å². The van der Waals surface area contributed by atoms with Crippen molar-refractivity contribution in [2.75, 3.05) is 18.4 Å². The standard InChI is InChI=1S/C12H15ClN2O/c1-9-3-5-11(6-4-9)15-12(16)8-14-7-10(2)13/h3-6,14H,2,7-8H2,1H3,(H,15,16). The van der Waals surface area contributed by atoms with Crippen molar-refractivity contribution < 1.29 is 4.79 Å². The van der Waals surface area contributed by atoms with E-state index in [9.17, 15) is 4.79 Å². The molecule has 0 saturated heterocycles. The van der Waals surface area contributed by atoms with E-state index in [4.69, 9.17) is 11.6 Å². The third-order valence-electron chi connectivity index (χ3n) is 1.94. The van der Waals surface area contributed by atoms with Gasteiger partial charge in [-0.1, -0.05) is 35.9 Å². The van der Waals surface area contributed by atoms with E-state index >= 15 is 0 Å². The summed E-state index contributed by atoms with van der Waals surface area (Å²) >= 11 is 5.55. The van der Waals surface area contributed by atoms with Crippen LogP contribution in [0, 0.1) is 6.92 Å². The predicted octanol–water partition coefficient (Wildman–Crippen LogP) is 2.28. The van der Waals surface area contributed by atoms with E-state index in [1.165, 1.54) is 0 Å². The third-order valence-corrected chi connectivity index (χ3v) is 2.07. The molecule has 0 bridgehead atoms. The van der Waals surface area contributed by atoms with Gasteiger partial charge in [-0.3, -0.25) is 4.79 Å². The largest absolute Gasteiger partial charge is 0.325 e. The highest BCUT2D eigenvalue weighted by atomic mass is 35.5. The Labute approximate surface area is 100 Å². The Morgan fingerprint density at radius 2 is 1.94 bits per heavy atom. The van der Waals surface area contributed by atoms with Gasteiger partial charge in [0.15, 0.2) is 0 Å². The van der Waals surface area contributed by atoms with E-state index in [1.807, 2.05) is 31.2 Å². The number of hydrogen-bond donors (Lipinski definition) is 2.